The van der Waals surface area contributed by atoms with Gasteiger partial charge in [0, 0.05) is 24.8 Å². The summed E-state index contributed by atoms with van der Waals surface area (Å²) in [5, 5.41) is 2.68. The molecule has 1 aromatic heterocycles. The van der Waals surface area contributed by atoms with Gasteiger partial charge in [0.1, 0.15) is 5.82 Å². The molecule has 0 aliphatic rings. The predicted molar refractivity (Wildman–Crippen MR) is 80.6 cm³/mol. The topological polar surface area (TPSA) is 45.2 Å². The van der Waals surface area contributed by atoms with Gasteiger partial charge in [-0.1, -0.05) is 6.07 Å². The Labute approximate surface area is 124 Å². The van der Waals surface area contributed by atoms with Crippen LogP contribution in [-0.4, -0.2) is 25.0 Å². The molecule has 0 atom stereocenters. The van der Waals surface area contributed by atoms with Crippen LogP contribution in [0.4, 0.5) is 15.9 Å². The SMILES string of the molecule is CN(C)c1ncccc1NC(=O)c1c(F)cccc1Br. The maximum atomic E-state index is 13.7. The lowest BCUT2D eigenvalue weighted by molar-refractivity contribution is 0.102. The van der Waals surface area contributed by atoms with Crippen LogP contribution in [0.1, 0.15) is 10.4 Å². The van der Waals surface area contributed by atoms with Crippen molar-refractivity contribution in [3.05, 3.63) is 52.4 Å². The van der Waals surface area contributed by atoms with Crippen LogP contribution in [-0.2, 0) is 0 Å². The van der Waals surface area contributed by atoms with Crippen molar-refractivity contribution in [1.29, 1.82) is 0 Å². The zero-order valence-electron chi connectivity index (χ0n) is 11.0. The molecule has 1 aromatic carbocycles. The molecule has 6 heteroatoms. The van der Waals surface area contributed by atoms with Crippen LogP contribution in [0, 0.1) is 5.82 Å². The van der Waals surface area contributed by atoms with Crippen molar-refractivity contribution in [2.24, 2.45) is 0 Å². The highest BCUT2D eigenvalue weighted by atomic mass is 79.9. The largest absolute Gasteiger partial charge is 0.361 e. The van der Waals surface area contributed by atoms with Gasteiger partial charge >= 0.3 is 0 Å². The van der Waals surface area contributed by atoms with Gasteiger partial charge in [0.25, 0.3) is 5.91 Å². The molecule has 0 saturated carbocycles. The van der Waals surface area contributed by atoms with Gasteiger partial charge in [-0.05, 0) is 40.2 Å². The number of anilines is 2. The van der Waals surface area contributed by atoms with Crippen LogP contribution in [0.5, 0.6) is 0 Å². The molecule has 0 aliphatic carbocycles. The lowest BCUT2D eigenvalue weighted by Gasteiger charge is -2.16. The van der Waals surface area contributed by atoms with E-state index in [1.54, 1.807) is 29.3 Å². The third-order valence-electron chi connectivity index (χ3n) is 2.65. The molecule has 0 radical (unpaired) electrons. The van der Waals surface area contributed by atoms with Crippen LogP contribution in [0.2, 0.25) is 0 Å². The van der Waals surface area contributed by atoms with Crippen LogP contribution in [0.3, 0.4) is 0 Å². The molecule has 0 unspecified atom stereocenters. The van der Waals surface area contributed by atoms with Gasteiger partial charge in [-0.3, -0.25) is 4.79 Å². The summed E-state index contributed by atoms with van der Waals surface area (Å²) in [6, 6.07) is 7.82. The van der Waals surface area contributed by atoms with Gasteiger partial charge < -0.3 is 10.2 Å². The summed E-state index contributed by atoms with van der Waals surface area (Å²) in [4.78, 5) is 18.1. The number of amides is 1. The molecular weight excluding hydrogens is 325 g/mol. The highest BCUT2D eigenvalue weighted by Gasteiger charge is 2.17. The molecule has 4 nitrogen and oxygen atoms in total. The normalized spacial score (nSPS) is 10.2. The van der Waals surface area contributed by atoms with Gasteiger partial charge in [0.05, 0.1) is 11.3 Å². The van der Waals surface area contributed by atoms with Crippen molar-refractivity contribution in [1.82, 2.24) is 4.98 Å². The van der Waals surface area contributed by atoms with Crippen molar-refractivity contribution >= 4 is 33.3 Å². The van der Waals surface area contributed by atoms with Gasteiger partial charge in [-0.15, -0.1) is 0 Å². The summed E-state index contributed by atoms with van der Waals surface area (Å²) in [6.07, 6.45) is 1.63. The Kier molecular flexibility index (Phi) is 4.34. The Morgan fingerprint density at radius 3 is 2.70 bits per heavy atom. The highest BCUT2D eigenvalue weighted by molar-refractivity contribution is 9.10. The number of benzene rings is 1. The number of carbonyl (C=O) groups is 1. The monoisotopic (exact) mass is 337 g/mol. The summed E-state index contributed by atoms with van der Waals surface area (Å²) >= 11 is 3.18. The van der Waals surface area contributed by atoms with Crippen LogP contribution in [0.25, 0.3) is 0 Å². The summed E-state index contributed by atoms with van der Waals surface area (Å²) in [7, 11) is 3.63. The van der Waals surface area contributed by atoms with Gasteiger partial charge in [-0.25, -0.2) is 9.37 Å². The van der Waals surface area contributed by atoms with Crippen LogP contribution >= 0.6 is 15.9 Å². The number of pyridine rings is 1. The van der Waals surface area contributed by atoms with E-state index in [0.29, 0.717) is 16.0 Å². The fraction of sp³-hybridized carbons (Fsp3) is 0.143. The smallest absolute Gasteiger partial charge is 0.259 e. The first kappa shape index (κ1) is 14.5. The molecule has 0 saturated heterocycles. The first-order valence-electron chi connectivity index (χ1n) is 5.88. The number of nitrogens with zero attached hydrogens (tertiary/aromatic N) is 2. The van der Waals surface area contributed by atoms with Crippen LogP contribution < -0.4 is 10.2 Å². The Morgan fingerprint density at radius 1 is 1.30 bits per heavy atom. The van der Waals surface area contributed by atoms with Crippen LogP contribution in [0.15, 0.2) is 41.0 Å². The molecule has 104 valence electrons. The minimum absolute atomic E-state index is 0.0268. The Morgan fingerprint density at radius 2 is 2.05 bits per heavy atom. The number of hydrogen-bond donors (Lipinski definition) is 1. The van der Waals surface area contributed by atoms with E-state index in [1.165, 1.54) is 12.1 Å². The summed E-state index contributed by atoms with van der Waals surface area (Å²) in [5.41, 5.74) is 0.499. The number of nitrogens with one attached hydrogen (secondary N) is 1. The lowest BCUT2D eigenvalue weighted by atomic mass is 10.2. The van der Waals surface area contributed by atoms with Crippen molar-refractivity contribution in [2.75, 3.05) is 24.3 Å². The zero-order valence-corrected chi connectivity index (χ0v) is 12.6. The van der Waals surface area contributed by atoms with Gasteiger partial charge in [0.15, 0.2) is 5.82 Å². The summed E-state index contributed by atoms with van der Waals surface area (Å²) < 4.78 is 14.2. The third-order valence-corrected chi connectivity index (χ3v) is 3.31. The van der Waals surface area contributed by atoms with Crippen molar-refractivity contribution in [3.8, 4) is 0 Å². The Hall–Kier alpha value is -1.95. The Balaban J connectivity index is 2.33. The second kappa shape index (κ2) is 6.00. The van der Waals surface area contributed by atoms with Crippen molar-refractivity contribution in [3.63, 3.8) is 0 Å². The van der Waals surface area contributed by atoms with Crippen molar-refractivity contribution < 1.29 is 9.18 Å². The fourth-order valence-corrected chi connectivity index (χ4v) is 2.27. The van der Waals surface area contributed by atoms with Gasteiger partial charge in [0.2, 0.25) is 0 Å². The molecule has 1 heterocycles. The number of carbonyl (C=O) groups excluding carboxylic acids is 1. The molecule has 0 aliphatic heterocycles. The van der Waals surface area contributed by atoms with E-state index in [9.17, 15) is 9.18 Å². The van der Waals surface area contributed by atoms with Gasteiger partial charge in [-0.2, -0.15) is 0 Å². The molecule has 2 aromatic rings. The number of hydrogen-bond acceptors (Lipinski definition) is 3. The van der Waals surface area contributed by atoms with E-state index in [4.69, 9.17) is 0 Å². The lowest BCUT2D eigenvalue weighted by Crippen LogP contribution is -2.19. The van der Waals surface area contributed by atoms with E-state index in [1.807, 2.05) is 14.1 Å². The van der Waals surface area contributed by atoms with E-state index in [2.05, 4.69) is 26.2 Å². The van der Waals surface area contributed by atoms with Crippen molar-refractivity contribution in [2.45, 2.75) is 0 Å². The Bertz CT molecular complexity index is 626. The fourth-order valence-electron chi connectivity index (χ4n) is 1.75. The van der Waals surface area contributed by atoms with E-state index >= 15 is 0 Å². The third kappa shape index (κ3) is 2.96. The first-order chi connectivity index (χ1) is 9.50. The molecule has 0 fully saturated rings. The standard InChI is InChI=1S/C14H13BrFN3O/c1-19(2)13-11(7-4-8-17-13)18-14(20)12-9(15)5-3-6-10(12)16/h3-8H,1-2H3,(H,18,20). The number of rotatable bonds is 3. The molecular formula is C14H13BrFN3O. The number of halogens is 2. The quantitative estimate of drug-likeness (QED) is 0.934. The van der Waals surface area contributed by atoms with E-state index in [0.717, 1.165) is 0 Å². The average molecular weight is 338 g/mol. The molecule has 0 bridgehead atoms. The number of aromatic nitrogens is 1. The molecule has 1 N–H and O–H groups in total. The minimum Gasteiger partial charge on any atom is -0.361 e. The second-order valence-corrected chi connectivity index (χ2v) is 5.17. The first-order valence-corrected chi connectivity index (χ1v) is 6.67. The average Bonchev–Trinajstić information content (AvgIpc) is 2.38. The predicted octanol–water partition coefficient (Wildman–Crippen LogP) is 3.30. The summed E-state index contributed by atoms with van der Waals surface area (Å²) in [5.74, 6) is -0.494. The maximum absolute atomic E-state index is 13.7. The van der Waals surface area contributed by atoms with E-state index < -0.39 is 11.7 Å². The zero-order chi connectivity index (χ0) is 14.7. The van der Waals surface area contributed by atoms with E-state index in [-0.39, 0.29) is 5.56 Å². The minimum atomic E-state index is -0.577. The molecule has 2 rings (SSSR count). The molecule has 0 spiro atoms. The molecule has 20 heavy (non-hydrogen) atoms. The maximum Gasteiger partial charge on any atom is 0.259 e. The summed E-state index contributed by atoms with van der Waals surface area (Å²) in [6.45, 7) is 0. The second-order valence-electron chi connectivity index (χ2n) is 4.32. The molecule has 1 amide bonds. The highest BCUT2D eigenvalue weighted by Crippen LogP contribution is 2.24.